The molecule has 0 aliphatic rings. The highest BCUT2D eigenvalue weighted by atomic mass is 16.5. The molecule has 0 aromatic heterocycles. The summed E-state index contributed by atoms with van der Waals surface area (Å²) in [6.07, 6.45) is 0. The molecule has 0 rings (SSSR count). The van der Waals surface area contributed by atoms with Crippen LogP contribution in [0.5, 0.6) is 0 Å². The summed E-state index contributed by atoms with van der Waals surface area (Å²) in [5.74, 6) is 0.416. The molecule has 1 amide bonds. The van der Waals surface area contributed by atoms with Gasteiger partial charge in [0.05, 0.1) is 12.6 Å². The van der Waals surface area contributed by atoms with Crippen LogP contribution >= 0.6 is 0 Å². The minimum absolute atomic E-state index is 0.000694. The highest BCUT2D eigenvalue weighted by Gasteiger charge is 2.12. The van der Waals surface area contributed by atoms with Crippen molar-refractivity contribution < 1.29 is 9.53 Å². The summed E-state index contributed by atoms with van der Waals surface area (Å²) in [5, 5.41) is 2.82. The first-order valence-corrected chi connectivity index (χ1v) is 3.84. The van der Waals surface area contributed by atoms with Gasteiger partial charge in [-0.15, -0.1) is 0 Å². The summed E-state index contributed by atoms with van der Waals surface area (Å²) in [6, 6.07) is 0.137. The second-order valence-corrected chi connectivity index (χ2v) is 3.01. The van der Waals surface area contributed by atoms with E-state index in [1.165, 1.54) is 6.92 Å². The molecular weight excluding hydrogens is 142 g/mol. The minimum Gasteiger partial charge on any atom is -0.383 e. The van der Waals surface area contributed by atoms with Crippen LogP contribution in [-0.4, -0.2) is 25.7 Å². The zero-order valence-corrected chi connectivity index (χ0v) is 7.68. The van der Waals surface area contributed by atoms with Crippen molar-refractivity contribution in [3.05, 3.63) is 0 Å². The fraction of sp³-hybridized carbons (Fsp3) is 0.875. The fourth-order valence-corrected chi connectivity index (χ4v) is 0.841. The van der Waals surface area contributed by atoms with Crippen LogP contribution in [0, 0.1) is 5.92 Å². The van der Waals surface area contributed by atoms with Crippen molar-refractivity contribution in [1.82, 2.24) is 5.32 Å². The average molecular weight is 159 g/mol. The lowest BCUT2D eigenvalue weighted by atomic mass is 10.1. The Kier molecular flexibility index (Phi) is 4.86. The number of carbonyl (C=O) groups is 1. The first-order chi connectivity index (χ1) is 5.07. The Balaban J connectivity index is 3.79. The quantitative estimate of drug-likeness (QED) is 0.658. The average Bonchev–Trinajstić information content (AvgIpc) is 1.86. The number of nitrogens with one attached hydrogen (secondary N) is 1. The van der Waals surface area contributed by atoms with Gasteiger partial charge in [-0.1, -0.05) is 13.8 Å². The normalized spacial score (nSPS) is 13.2. The van der Waals surface area contributed by atoms with E-state index in [4.69, 9.17) is 4.74 Å². The van der Waals surface area contributed by atoms with E-state index in [0.29, 0.717) is 12.5 Å². The largest absolute Gasteiger partial charge is 0.383 e. The maximum atomic E-state index is 10.7. The summed E-state index contributed by atoms with van der Waals surface area (Å²) in [5.41, 5.74) is 0. The minimum atomic E-state index is 0.000694. The smallest absolute Gasteiger partial charge is 0.217 e. The van der Waals surface area contributed by atoms with Gasteiger partial charge in [-0.25, -0.2) is 0 Å². The van der Waals surface area contributed by atoms with Gasteiger partial charge in [-0.2, -0.15) is 0 Å². The molecule has 66 valence electrons. The molecule has 0 fully saturated rings. The van der Waals surface area contributed by atoms with Crippen LogP contribution in [0.15, 0.2) is 0 Å². The Hall–Kier alpha value is -0.570. The molecule has 11 heavy (non-hydrogen) atoms. The standard InChI is InChI=1S/C8H17NO2/c1-6(2)8(5-11-4)9-7(3)10/h6,8H,5H2,1-4H3,(H,9,10)/t8-/m1/s1. The van der Waals surface area contributed by atoms with Gasteiger partial charge in [0, 0.05) is 14.0 Å². The van der Waals surface area contributed by atoms with Gasteiger partial charge in [0.2, 0.25) is 5.91 Å². The maximum Gasteiger partial charge on any atom is 0.217 e. The maximum absolute atomic E-state index is 10.7. The van der Waals surface area contributed by atoms with Crippen molar-refractivity contribution >= 4 is 5.91 Å². The second kappa shape index (κ2) is 5.13. The van der Waals surface area contributed by atoms with Crippen molar-refractivity contribution in [1.29, 1.82) is 0 Å². The zero-order chi connectivity index (χ0) is 8.85. The second-order valence-electron chi connectivity index (χ2n) is 3.01. The van der Waals surface area contributed by atoms with Crippen LogP contribution in [-0.2, 0) is 9.53 Å². The zero-order valence-electron chi connectivity index (χ0n) is 7.68. The number of carbonyl (C=O) groups excluding carboxylic acids is 1. The molecule has 1 atom stereocenters. The van der Waals surface area contributed by atoms with Gasteiger partial charge in [-0.05, 0) is 5.92 Å². The first-order valence-electron chi connectivity index (χ1n) is 3.84. The van der Waals surface area contributed by atoms with Gasteiger partial charge >= 0.3 is 0 Å². The molecule has 0 heterocycles. The fourth-order valence-electron chi connectivity index (χ4n) is 0.841. The predicted octanol–water partition coefficient (Wildman–Crippen LogP) is 0.793. The van der Waals surface area contributed by atoms with E-state index >= 15 is 0 Å². The molecule has 3 heteroatoms. The number of hydrogen-bond donors (Lipinski definition) is 1. The van der Waals surface area contributed by atoms with E-state index in [0.717, 1.165) is 0 Å². The lowest BCUT2D eigenvalue weighted by molar-refractivity contribution is -0.120. The summed E-state index contributed by atoms with van der Waals surface area (Å²) in [4.78, 5) is 10.7. The number of ether oxygens (including phenoxy) is 1. The Morgan fingerprint density at radius 2 is 2.09 bits per heavy atom. The molecular formula is C8H17NO2. The molecule has 0 saturated carbocycles. The monoisotopic (exact) mass is 159 g/mol. The molecule has 0 aliphatic heterocycles. The molecule has 1 N–H and O–H groups in total. The first kappa shape index (κ1) is 10.4. The Morgan fingerprint density at radius 1 is 1.55 bits per heavy atom. The lowest BCUT2D eigenvalue weighted by Crippen LogP contribution is -2.40. The van der Waals surface area contributed by atoms with Gasteiger partial charge in [0.25, 0.3) is 0 Å². The molecule has 0 saturated heterocycles. The van der Waals surface area contributed by atoms with E-state index in [1.54, 1.807) is 7.11 Å². The van der Waals surface area contributed by atoms with Crippen molar-refractivity contribution in [3.8, 4) is 0 Å². The molecule has 0 aliphatic carbocycles. The van der Waals surface area contributed by atoms with Crippen LogP contribution in [0.3, 0.4) is 0 Å². The predicted molar refractivity (Wildman–Crippen MR) is 44.3 cm³/mol. The van der Waals surface area contributed by atoms with Crippen LogP contribution in [0.25, 0.3) is 0 Å². The Bertz CT molecular complexity index is 123. The van der Waals surface area contributed by atoms with Crippen molar-refractivity contribution in [2.75, 3.05) is 13.7 Å². The summed E-state index contributed by atoms with van der Waals surface area (Å²) in [6.45, 7) is 6.21. The molecule has 0 aromatic carbocycles. The summed E-state index contributed by atoms with van der Waals surface area (Å²) in [7, 11) is 1.64. The number of rotatable bonds is 4. The SMILES string of the molecule is COC[C@@H](NC(C)=O)C(C)C. The van der Waals surface area contributed by atoms with Crippen LogP contribution in [0.1, 0.15) is 20.8 Å². The van der Waals surface area contributed by atoms with E-state index in [-0.39, 0.29) is 11.9 Å². The van der Waals surface area contributed by atoms with E-state index in [2.05, 4.69) is 19.2 Å². The molecule has 0 bridgehead atoms. The van der Waals surface area contributed by atoms with Crippen LogP contribution < -0.4 is 5.32 Å². The molecule has 3 nitrogen and oxygen atoms in total. The summed E-state index contributed by atoms with van der Waals surface area (Å²) >= 11 is 0. The van der Waals surface area contributed by atoms with Crippen LogP contribution in [0.4, 0.5) is 0 Å². The molecule has 0 aromatic rings. The highest BCUT2D eigenvalue weighted by molar-refractivity contribution is 5.73. The van der Waals surface area contributed by atoms with Gasteiger partial charge in [-0.3, -0.25) is 4.79 Å². The van der Waals surface area contributed by atoms with Gasteiger partial charge < -0.3 is 10.1 Å². The van der Waals surface area contributed by atoms with E-state index in [9.17, 15) is 4.79 Å². The third kappa shape index (κ3) is 4.79. The number of methoxy groups -OCH3 is 1. The van der Waals surface area contributed by atoms with Crippen molar-refractivity contribution in [2.45, 2.75) is 26.8 Å². The van der Waals surface area contributed by atoms with Crippen molar-refractivity contribution in [3.63, 3.8) is 0 Å². The van der Waals surface area contributed by atoms with Crippen molar-refractivity contribution in [2.24, 2.45) is 5.92 Å². The van der Waals surface area contributed by atoms with E-state index in [1.807, 2.05) is 0 Å². The molecule has 0 spiro atoms. The number of hydrogen-bond acceptors (Lipinski definition) is 2. The topological polar surface area (TPSA) is 38.3 Å². The molecule has 0 unspecified atom stereocenters. The Labute approximate surface area is 68.1 Å². The van der Waals surface area contributed by atoms with Crippen LogP contribution in [0.2, 0.25) is 0 Å². The highest BCUT2D eigenvalue weighted by Crippen LogP contribution is 2.00. The van der Waals surface area contributed by atoms with Gasteiger partial charge in [0.15, 0.2) is 0 Å². The lowest BCUT2D eigenvalue weighted by Gasteiger charge is -2.20. The number of amides is 1. The third-order valence-electron chi connectivity index (χ3n) is 1.54. The summed E-state index contributed by atoms with van der Waals surface area (Å²) < 4.78 is 4.95. The molecule has 0 radical (unpaired) electrons. The third-order valence-corrected chi connectivity index (χ3v) is 1.54. The Morgan fingerprint density at radius 3 is 2.36 bits per heavy atom. The van der Waals surface area contributed by atoms with Gasteiger partial charge in [0.1, 0.15) is 0 Å². The van der Waals surface area contributed by atoms with E-state index < -0.39 is 0 Å².